The number of ether oxygens (including phenoxy) is 2. The van der Waals surface area contributed by atoms with Crippen LogP contribution in [-0.4, -0.2) is 57.1 Å². The third-order valence-corrected chi connectivity index (χ3v) is 7.27. The highest BCUT2D eigenvalue weighted by Gasteiger charge is 2.55. The fraction of sp³-hybridized carbons (Fsp3) is 0.500. The van der Waals surface area contributed by atoms with Gasteiger partial charge in [0, 0.05) is 4.91 Å². The van der Waals surface area contributed by atoms with Gasteiger partial charge in [-0.2, -0.15) is 9.48 Å². The molecule has 212 valence electrons. The number of aromatic amines is 1. The molecular weight excluding hydrogens is 542 g/mol. The van der Waals surface area contributed by atoms with Crippen LogP contribution in [-0.2, 0) is 23.4 Å². The molecule has 1 aliphatic heterocycles. The number of hydrogen-bond acceptors (Lipinski definition) is 10. The van der Waals surface area contributed by atoms with Crippen LogP contribution in [0, 0.1) is 5.82 Å². The van der Waals surface area contributed by atoms with Crippen molar-refractivity contribution in [2.75, 3.05) is 6.61 Å². The second kappa shape index (κ2) is 12.1. The normalized spacial score (nSPS) is 24.9. The number of aliphatic hydroxyl groups excluding tert-OH is 1. The molecule has 3 N–H and O–H groups in total. The van der Waals surface area contributed by atoms with E-state index < -0.39 is 73.5 Å². The van der Waals surface area contributed by atoms with Crippen molar-refractivity contribution in [3.8, 4) is 5.75 Å². The van der Waals surface area contributed by atoms with Crippen molar-refractivity contribution >= 4 is 13.7 Å². The summed E-state index contributed by atoms with van der Waals surface area (Å²) in [6.45, 7) is 5.22. The second-order valence-corrected chi connectivity index (χ2v) is 10.8. The SMILES string of the molecule is CC(C)OC(=O)[C@@H](C)N[P@](=O)(OC[C@H]1O[C@@H](n2cc(F)c(=O)[nH]c2=O)[C@](C)(N=[N+]=[N-])[C@@H]1O)Oc1ccccc1. The highest BCUT2D eigenvalue weighted by molar-refractivity contribution is 7.52. The number of aliphatic hydroxyl groups is 1. The fourth-order valence-electron chi connectivity index (χ4n) is 3.72. The van der Waals surface area contributed by atoms with Crippen molar-refractivity contribution in [2.45, 2.75) is 63.8 Å². The van der Waals surface area contributed by atoms with E-state index in [0.717, 1.165) is 0 Å². The highest BCUT2D eigenvalue weighted by Crippen LogP contribution is 2.47. The third-order valence-electron chi connectivity index (χ3n) is 5.63. The Kier molecular flexibility index (Phi) is 9.33. The number of nitrogens with one attached hydrogen (secondary N) is 2. The van der Waals surface area contributed by atoms with Crippen LogP contribution in [0.25, 0.3) is 10.4 Å². The molecule has 0 unspecified atom stereocenters. The maximum Gasteiger partial charge on any atom is 0.459 e. The Bertz CT molecular complexity index is 1400. The molecule has 6 atom stereocenters. The molecule has 1 saturated heterocycles. The Hall–Kier alpha value is -3.52. The van der Waals surface area contributed by atoms with Crippen LogP contribution in [0.15, 0.2) is 51.2 Å². The van der Waals surface area contributed by atoms with Crippen molar-refractivity contribution in [1.29, 1.82) is 0 Å². The minimum atomic E-state index is -4.37. The third kappa shape index (κ3) is 6.92. The second-order valence-electron chi connectivity index (χ2n) is 9.06. The molecule has 0 bridgehead atoms. The van der Waals surface area contributed by atoms with E-state index in [1.54, 1.807) is 37.0 Å². The van der Waals surface area contributed by atoms with Crippen LogP contribution < -0.4 is 20.9 Å². The number of nitrogens with zero attached hydrogens (tertiary/aromatic N) is 4. The standard InChI is InChI=1S/C22H28FN6O9P/c1-12(2)36-19(32)13(3)26-39(34,38-14-8-6-5-7-9-14)35-11-16-17(30)22(4,27-28-24)20(37-16)29-10-15(23)18(31)25-21(29)33/h5-10,12-13,16-17,20,30H,11H2,1-4H3,(H,26,34)(H,25,31,33)/t13-,16-,17-,20-,22-,39+/m1/s1. The van der Waals surface area contributed by atoms with Crippen molar-refractivity contribution in [3.63, 3.8) is 0 Å². The van der Waals surface area contributed by atoms with Gasteiger partial charge in [0.15, 0.2) is 6.23 Å². The van der Waals surface area contributed by atoms with E-state index in [4.69, 9.17) is 24.1 Å². The lowest BCUT2D eigenvalue weighted by atomic mass is 9.93. The highest BCUT2D eigenvalue weighted by atomic mass is 31.2. The van der Waals surface area contributed by atoms with Crippen LogP contribution >= 0.6 is 7.75 Å². The number of H-pyrrole nitrogens is 1. The molecule has 2 heterocycles. The zero-order valence-corrected chi connectivity index (χ0v) is 22.3. The summed E-state index contributed by atoms with van der Waals surface area (Å²) in [5, 5.41) is 17.0. The molecule has 1 aromatic carbocycles. The Morgan fingerprint density at radius 2 is 2.03 bits per heavy atom. The number of azide groups is 1. The Morgan fingerprint density at radius 1 is 1.36 bits per heavy atom. The maximum absolute atomic E-state index is 14.0. The number of carbonyl (C=O) groups excluding carboxylic acids is 1. The average Bonchev–Trinajstić information content (AvgIpc) is 3.10. The van der Waals surface area contributed by atoms with Crippen LogP contribution in [0.1, 0.15) is 33.9 Å². The van der Waals surface area contributed by atoms with Crippen molar-refractivity contribution < 1.29 is 37.4 Å². The number of para-hydroxylation sites is 1. The van der Waals surface area contributed by atoms with Crippen LogP contribution in [0.3, 0.4) is 0 Å². The monoisotopic (exact) mass is 570 g/mol. The lowest BCUT2D eigenvalue weighted by Crippen LogP contribution is -2.46. The Balaban J connectivity index is 1.89. The van der Waals surface area contributed by atoms with Crippen molar-refractivity contribution in [2.24, 2.45) is 5.11 Å². The van der Waals surface area contributed by atoms with Gasteiger partial charge in [-0.3, -0.25) is 23.7 Å². The van der Waals surface area contributed by atoms with Crippen LogP contribution in [0.4, 0.5) is 4.39 Å². The van der Waals surface area contributed by atoms with E-state index in [1.807, 2.05) is 0 Å². The Labute approximate surface area is 221 Å². The van der Waals surface area contributed by atoms with Gasteiger partial charge in [0.2, 0.25) is 5.82 Å². The number of halogens is 1. The lowest BCUT2D eigenvalue weighted by Gasteiger charge is -2.28. The summed E-state index contributed by atoms with van der Waals surface area (Å²) in [7, 11) is -4.37. The molecule has 1 fully saturated rings. The van der Waals surface area contributed by atoms with Crippen LogP contribution in [0.2, 0.25) is 0 Å². The summed E-state index contributed by atoms with van der Waals surface area (Å²) in [5.41, 5.74) is 4.81. The molecule has 1 aromatic heterocycles. The number of hydrogen-bond donors (Lipinski definition) is 3. The van der Waals surface area contributed by atoms with E-state index >= 15 is 0 Å². The molecular formula is C22H28FN6O9P. The summed E-state index contributed by atoms with van der Waals surface area (Å²) >= 11 is 0. The minimum Gasteiger partial charge on any atom is -0.462 e. The van der Waals surface area contributed by atoms with Gasteiger partial charge in [-0.1, -0.05) is 23.3 Å². The topological polar surface area (TPSA) is 207 Å². The van der Waals surface area contributed by atoms with Gasteiger partial charge in [-0.25, -0.2) is 9.36 Å². The number of benzene rings is 1. The molecule has 3 rings (SSSR count). The molecule has 39 heavy (non-hydrogen) atoms. The van der Waals surface area contributed by atoms with E-state index in [2.05, 4.69) is 15.1 Å². The van der Waals surface area contributed by atoms with Gasteiger partial charge in [0.25, 0.3) is 5.56 Å². The molecule has 17 heteroatoms. The van der Waals surface area contributed by atoms with Gasteiger partial charge in [0.05, 0.1) is 25.0 Å². The average molecular weight is 570 g/mol. The zero-order valence-electron chi connectivity index (χ0n) is 21.4. The molecule has 0 amide bonds. The van der Waals surface area contributed by atoms with Gasteiger partial charge in [-0.05, 0) is 45.4 Å². The molecule has 1 aliphatic rings. The first kappa shape index (κ1) is 30.0. The zero-order chi connectivity index (χ0) is 29.0. The smallest absolute Gasteiger partial charge is 0.459 e. The van der Waals surface area contributed by atoms with Crippen molar-refractivity contribution in [1.82, 2.24) is 14.6 Å². The van der Waals surface area contributed by atoms with Gasteiger partial charge in [0.1, 0.15) is 23.4 Å². The molecule has 0 spiro atoms. The summed E-state index contributed by atoms with van der Waals surface area (Å²) in [4.78, 5) is 40.6. The van der Waals surface area contributed by atoms with E-state index in [1.165, 1.54) is 26.0 Å². The predicted octanol–water partition coefficient (Wildman–Crippen LogP) is 2.14. The van der Waals surface area contributed by atoms with E-state index in [-0.39, 0.29) is 5.75 Å². The van der Waals surface area contributed by atoms with Gasteiger partial charge < -0.3 is 19.1 Å². The van der Waals surface area contributed by atoms with E-state index in [9.17, 15) is 28.4 Å². The van der Waals surface area contributed by atoms with Crippen molar-refractivity contribution in [3.05, 3.63) is 73.6 Å². The Morgan fingerprint density at radius 3 is 2.64 bits per heavy atom. The van der Waals surface area contributed by atoms with Gasteiger partial charge in [-0.15, -0.1) is 0 Å². The lowest BCUT2D eigenvalue weighted by molar-refractivity contribution is -0.149. The predicted molar refractivity (Wildman–Crippen MR) is 133 cm³/mol. The summed E-state index contributed by atoms with van der Waals surface area (Å²) in [5.74, 6) is -1.95. The maximum atomic E-state index is 14.0. The largest absolute Gasteiger partial charge is 0.462 e. The molecule has 2 aromatic rings. The number of carbonyl (C=O) groups is 1. The summed E-state index contributed by atoms with van der Waals surface area (Å²) in [6, 6.07) is 6.73. The fourth-order valence-corrected chi connectivity index (χ4v) is 5.23. The first-order valence-corrected chi connectivity index (χ1v) is 13.2. The number of esters is 1. The molecule has 15 nitrogen and oxygen atoms in total. The molecule has 0 radical (unpaired) electrons. The molecule has 0 saturated carbocycles. The van der Waals surface area contributed by atoms with Gasteiger partial charge >= 0.3 is 19.4 Å². The minimum absolute atomic E-state index is 0.123. The first-order valence-electron chi connectivity index (χ1n) is 11.7. The number of rotatable bonds is 11. The summed E-state index contributed by atoms with van der Waals surface area (Å²) < 4.78 is 50.1. The first-order chi connectivity index (χ1) is 18.3. The van der Waals surface area contributed by atoms with E-state index in [0.29, 0.717) is 10.8 Å². The van der Waals surface area contributed by atoms with Crippen LogP contribution in [0.5, 0.6) is 5.75 Å². The quantitative estimate of drug-likeness (QED) is 0.118. The number of aromatic nitrogens is 2. The summed E-state index contributed by atoms with van der Waals surface area (Å²) in [6.07, 6.45) is -4.58. The molecule has 0 aliphatic carbocycles.